The summed E-state index contributed by atoms with van der Waals surface area (Å²) in [4.78, 5) is 22.6. The Kier molecular flexibility index (Phi) is 3.43. The summed E-state index contributed by atoms with van der Waals surface area (Å²) in [6.45, 7) is 0.545. The molecule has 2 unspecified atom stereocenters. The lowest BCUT2D eigenvalue weighted by atomic mass is 10.1. The second-order valence-corrected chi connectivity index (χ2v) is 4.81. The molecule has 1 saturated carbocycles. The predicted octanol–water partition coefficient (Wildman–Crippen LogP) is -0.491. The molecule has 0 radical (unpaired) electrons. The summed E-state index contributed by atoms with van der Waals surface area (Å²) in [5.74, 6) is 0.637. The summed E-state index contributed by atoms with van der Waals surface area (Å²) in [6, 6.07) is 0.0924. The van der Waals surface area contributed by atoms with E-state index in [2.05, 4.69) is 10.6 Å². The van der Waals surface area contributed by atoms with Gasteiger partial charge in [0.15, 0.2) is 0 Å². The van der Waals surface area contributed by atoms with Gasteiger partial charge < -0.3 is 16.4 Å². The van der Waals surface area contributed by atoms with E-state index in [1.54, 1.807) is 0 Å². The number of nitrogens with two attached hydrogens (primary N) is 1. The molecule has 0 aromatic carbocycles. The lowest BCUT2D eigenvalue weighted by Gasteiger charge is -2.24. The molecular weight excluding hydrogens is 206 g/mol. The zero-order valence-electron chi connectivity index (χ0n) is 9.37. The van der Waals surface area contributed by atoms with E-state index in [9.17, 15) is 9.59 Å². The first kappa shape index (κ1) is 11.4. The Balaban J connectivity index is 1.68. The summed E-state index contributed by atoms with van der Waals surface area (Å²) in [7, 11) is 0. The van der Waals surface area contributed by atoms with Gasteiger partial charge in [0, 0.05) is 31.5 Å². The Bertz CT molecular complexity index is 279. The minimum Gasteiger partial charge on any atom is -0.354 e. The monoisotopic (exact) mass is 225 g/mol. The van der Waals surface area contributed by atoms with Crippen molar-refractivity contribution in [3.63, 3.8) is 0 Å². The Morgan fingerprint density at radius 2 is 2.25 bits per heavy atom. The number of piperidine rings is 1. The highest BCUT2D eigenvalue weighted by molar-refractivity contribution is 5.79. The van der Waals surface area contributed by atoms with E-state index < -0.39 is 0 Å². The topological polar surface area (TPSA) is 84.2 Å². The average molecular weight is 225 g/mol. The van der Waals surface area contributed by atoms with E-state index >= 15 is 0 Å². The van der Waals surface area contributed by atoms with Crippen LogP contribution in [0.25, 0.3) is 0 Å². The molecule has 2 fully saturated rings. The first-order chi connectivity index (χ1) is 7.65. The minimum absolute atomic E-state index is 0.0122. The van der Waals surface area contributed by atoms with Gasteiger partial charge >= 0.3 is 0 Å². The number of hydrogen-bond donors (Lipinski definition) is 3. The van der Waals surface area contributed by atoms with Crippen LogP contribution in [-0.4, -0.2) is 30.4 Å². The molecule has 90 valence electrons. The number of rotatable bonds is 4. The number of carbonyl (C=O) groups excluding carboxylic acids is 2. The molecule has 1 aliphatic heterocycles. The van der Waals surface area contributed by atoms with Crippen LogP contribution in [0.15, 0.2) is 0 Å². The molecule has 0 spiro atoms. The summed E-state index contributed by atoms with van der Waals surface area (Å²) in [5.41, 5.74) is 5.88. The van der Waals surface area contributed by atoms with Crippen LogP contribution in [0.3, 0.4) is 0 Å². The molecule has 5 heteroatoms. The third-order valence-electron chi connectivity index (χ3n) is 3.28. The fraction of sp³-hybridized carbons (Fsp3) is 0.818. The van der Waals surface area contributed by atoms with Crippen molar-refractivity contribution in [1.82, 2.24) is 10.6 Å². The summed E-state index contributed by atoms with van der Waals surface area (Å²) < 4.78 is 0. The summed E-state index contributed by atoms with van der Waals surface area (Å²) >= 11 is 0. The van der Waals surface area contributed by atoms with Gasteiger partial charge in [-0.05, 0) is 25.2 Å². The molecule has 1 aliphatic carbocycles. The molecule has 5 nitrogen and oxygen atoms in total. The van der Waals surface area contributed by atoms with Crippen molar-refractivity contribution in [2.75, 3.05) is 6.54 Å². The SMILES string of the molecule is NC(CC(=O)NC1CCC(=O)NC1)C1CC1. The Morgan fingerprint density at radius 3 is 2.81 bits per heavy atom. The van der Waals surface area contributed by atoms with E-state index in [1.807, 2.05) is 0 Å². The van der Waals surface area contributed by atoms with E-state index in [1.165, 1.54) is 0 Å². The third kappa shape index (κ3) is 3.20. The maximum Gasteiger partial charge on any atom is 0.221 e. The van der Waals surface area contributed by atoms with E-state index in [4.69, 9.17) is 5.73 Å². The average Bonchev–Trinajstić information content (AvgIpc) is 3.04. The van der Waals surface area contributed by atoms with E-state index in [0.717, 1.165) is 19.3 Å². The summed E-state index contributed by atoms with van der Waals surface area (Å²) in [6.07, 6.45) is 3.97. The van der Waals surface area contributed by atoms with Crippen LogP contribution in [-0.2, 0) is 9.59 Å². The Labute approximate surface area is 95.1 Å². The molecule has 4 N–H and O–H groups in total. The molecule has 0 bridgehead atoms. The van der Waals surface area contributed by atoms with Crippen molar-refractivity contribution < 1.29 is 9.59 Å². The van der Waals surface area contributed by atoms with Crippen LogP contribution in [0.5, 0.6) is 0 Å². The van der Waals surface area contributed by atoms with Gasteiger partial charge in [0.1, 0.15) is 0 Å². The molecule has 1 saturated heterocycles. The van der Waals surface area contributed by atoms with E-state index in [-0.39, 0.29) is 23.9 Å². The van der Waals surface area contributed by atoms with Gasteiger partial charge in [0.25, 0.3) is 0 Å². The van der Waals surface area contributed by atoms with Crippen LogP contribution in [0.4, 0.5) is 0 Å². The van der Waals surface area contributed by atoms with Crippen LogP contribution < -0.4 is 16.4 Å². The molecule has 2 aliphatic rings. The highest BCUT2D eigenvalue weighted by Crippen LogP contribution is 2.32. The smallest absolute Gasteiger partial charge is 0.221 e. The van der Waals surface area contributed by atoms with Gasteiger partial charge in [-0.1, -0.05) is 0 Å². The van der Waals surface area contributed by atoms with Crippen molar-refractivity contribution in [3.8, 4) is 0 Å². The van der Waals surface area contributed by atoms with Gasteiger partial charge in [-0.3, -0.25) is 9.59 Å². The molecule has 0 aromatic heterocycles. The third-order valence-corrected chi connectivity index (χ3v) is 3.28. The second kappa shape index (κ2) is 4.82. The van der Waals surface area contributed by atoms with Crippen molar-refractivity contribution in [3.05, 3.63) is 0 Å². The molecular formula is C11H19N3O2. The second-order valence-electron chi connectivity index (χ2n) is 4.81. The summed E-state index contributed by atoms with van der Waals surface area (Å²) in [5, 5.41) is 5.66. The number of nitrogens with one attached hydrogen (secondary N) is 2. The zero-order valence-corrected chi connectivity index (χ0v) is 9.37. The lowest BCUT2D eigenvalue weighted by Crippen LogP contribution is -2.48. The maximum absolute atomic E-state index is 11.6. The first-order valence-electron chi connectivity index (χ1n) is 5.97. The number of carbonyl (C=O) groups is 2. The Morgan fingerprint density at radius 1 is 1.50 bits per heavy atom. The van der Waals surface area contributed by atoms with Crippen molar-refractivity contribution in [2.24, 2.45) is 11.7 Å². The number of hydrogen-bond acceptors (Lipinski definition) is 3. The highest BCUT2D eigenvalue weighted by Gasteiger charge is 2.30. The molecule has 2 rings (SSSR count). The van der Waals surface area contributed by atoms with E-state index in [0.29, 0.717) is 25.3 Å². The van der Waals surface area contributed by atoms with Crippen LogP contribution in [0, 0.1) is 5.92 Å². The molecule has 16 heavy (non-hydrogen) atoms. The minimum atomic E-state index is 0.0122. The predicted molar refractivity (Wildman–Crippen MR) is 59.5 cm³/mol. The largest absolute Gasteiger partial charge is 0.354 e. The Hall–Kier alpha value is -1.10. The first-order valence-corrected chi connectivity index (χ1v) is 5.97. The molecule has 2 atom stereocenters. The molecule has 1 heterocycles. The van der Waals surface area contributed by atoms with Gasteiger partial charge in [0.2, 0.25) is 11.8 Å². The lowest BCUT2D eigenvalue weighted by molar-refractivity contribution is -0.125. The zero-order chi connectivity index (χ0) is 11.5. The molecule has 2 amide bonds. The van der Waals surface area contributed by atoms with Crippen LogP contribution in [0.2, 0.25) is 0 Å². The van der Waals surface area contributed by atoms with Gasteiger partial charge in [-0.2, -0.15) is 0 Å². The van der Waals surface area contributed by atoms with Gasteiger partial charge in [0.05, 0.1) is 0 Å². The normalized spacial score (nSPS) is 27.1. The quantitative estimate of drug-likeness (QED) is 0.603. The highest BCUT2D eigenvalue weighted by atomic mass is 16.2. The maximum atomic E-state index is 11.6. The standard InChI is InChI=1S/C11H19N3O2/c12-9(7-1-2-7)5-11(16)14-8-3-4-10(15)13-6-8/h7-9H,1-6,12H2,(H,13,15)(H,14,16). The van der Waals surface area contributed by atoms with Crippen molar-refractivity contribution >= 4 is 11.8 Å². The van der Waals surface area contributed by atoms with Crippen LogP contribution >= 0.6 is 0 Å². The van der Waals surface area contributed by atoms with Crippen molar-refractivity contribution in [1.29, 1.82) is 0 Å². The van der Waals surface area contributed by atoms with Gasteiger partial charge in [-0.15, -0.1) is 0 Å². The molecule has 0 aromatic rings. The van der Waals surface area contributed by atoms with Crippen molar-refractivity contribution in [2.45, 2.75) is 44.2 Å². The fourth-order valence-corrected chi connectivity index (χ4v) is 2.05. The van der Waals surface area contributed by atoms with Gasteiger partial charge in [-0.25, -0.2) is 0 Å². The fourth-order valence-electron chi connectivity index (χ4n) is 2.05. The number of amides is 2. The van der Waals surface area contributed by atoms with Crippen LogP contribution in [0.1, 0.15) is 32.1 Å².